The highest BCUT2D eigenvalue weighted by atomic mass is 16.5. The summed E-state index contributed by atoms with van der Waals surface area (Å²) in [5.41, 5.74) is 2.91. The molecule has 0 unspecified atom stereocenters. The summed E-state index contributed by atoms with van der Waals surface area (Å²) in [6, 6.07) is 16.6. The van der Waals surface area contributed by atoms with Gasteiger partial charge in [0.25, 0.3) is 0 Å². The minimum atomic E-state index is -0.374. The van der Waals surface area contributed by atoms with Crippen LogP contribution < -0.4 is 0 Å². The van der Waals surface area contributed by atoms with Crippen LogP contribution in [0.3, 0.4) is 0 Å². The van der Waals surface area contributed by atoms with E-state index in [1.54, 1.807) is 24.3 Å². The van der Waals surface area contributed by atoms with Crippen LogP contribution in [0, 0.1) is 0 Å². The molecule has 0 aliphatic carbocycles. The molecular formula is C20H16O4. The molecule has 0 saturated carbocycles. The minimum absolute atomic E-state index is 0.347. The number of esters is 2. The fourth-order valence-corrected chi connectivity index (χ4v) is 2.43. The van der Waals surface area contributed by atoms with E-state index >= 15 is 0 Å². The Balaban J connectivity index is 1.74. The monoisotopic (exact) mass is 320 g/mol. The van der Waals surface area contributed by atoms with Gasteiger partial charge in [-0.15, -0.1) is 0 Å². The van der Waals surface area contributed by atoms with Crippen molar-refractivity contribution in [2.45, 2.75) is 6.42 Å². The summed E-state index contributed by atoms with van der Waals surface area (Å²) in [5.74, 6) is -0.130. The highest BCUT2D eigenvalue weighted by molar-refractivity contribution is 5.99. The fourth-order valence-electron chi connectivity index (χ4n) is 2.43. The fraction of sp³-hybridized carbons (Fsp3) is 0.100. The standard InChI is InChI=1S/C20H16O4/c1-23-19(21)16-9-7-15(8-10-16)12-18-13-17(20(22)24-18)11-14-5-3-2-4-6-14/h2-11,13H,12H2,1H3/b17-11+. The number of rotatable bonds is 4. The lowest BCUT2D eigenvalue weighted by Gasteiger charge is -2.03. The van der Waals surface area contributed by atoms with Crippen molar-refractivity contribution in [1.29, 1.82) is 0 Å². The van der Waals surface area contributed by atoms with Gasteiger partial charge in [0, 0.05) is 6.42 Å². The molecule has 0 aromatic heterocycles. The van der Waals surface area contributed by atoms with Gasteiger partial charge in [-0.3, -0.25) is 0 Å². The summed E-state index contributed by atoms with van der Waals surface area (Å²) in [7, 11) is 1.35. The topological polar surface area (TPSA) is 52.6 Å². The largest absolute Gasteiger partial charge is 0.465 e. The predicted molar refractivity (Wildman–Crippen MR) is 90.1 cm³/mol. The Morgan fingerprint density at radius 2 is 1.79 bits per heavy atom. The Morgan fingerprint density at radius 1 is 1.08 bits per heavy atom. The van der Waals surface area contributed by atoms with E-state index in [1.807, 2.05) is 42.5 Å². The van der Waals surface area contributed by atoms with Crippen LogP contribution in [0.25, 0.3) is 6.08 Å². The van der Waals surface area contributed by atoms with E-state index in [-0.39, 0.29) is 11.9 Å². The van der Waals surface area contributed by atoms with Crippen molar-refractivity contribution in [3.05, 3.63) is 88.7 Å². The zero-order chi connectivity index (χ0) is 16.9. The van der Waals surface area contributed by atoms with Gasteiger partial charge in [0.1, 0.15) is 5.76 Å². The normalized spacial score (nSPS) is 15.1. The van der Waals surface area contributed by atoms with Gasteiger partial charge in [-0.05, 0) is 35.4 Å². The first-order chi connectivity index (χ1) is 11.7. The van der Waals surface area contributed by atoms with Crippen LogP contribution >= 0.6 is 0 Å². The number of cyclic esters (lactones) is 1. The number of carbonyl (C=O) groups is 2. The molecule has 0 fully saturated rings. The highest BCUT2D eigenvalue weighted by Gasteiger charge is 2.20. The molecule has 3 rings (SSSR count). The molecule has 0 saturated heterocycles. The molecular weight excluding hydrogens is 304 g/mol. The summed E-state index contributed by atoms with van der Waals surface area (Å²) in [4.78, 5) is 23.4. The van der Waals surface area contributed by atoms with Crippen LogP contribution in [0.5, 0.6) is 0 Å². The molecule has 2 aromatic rings. The Kier molecular flexibility index (Phi) is 4.57. The number of carbonyl (C=O) groups excluding carboxylic acids is 2. The first-order valence-electron chi connectivity index (χ1n) is 7.52. The molecule has 0 bridgehead atoms. The molecule has 0 N–H and O–H groups in total. The van der Waals surface area contributed by atoms with Gasteiger partial charge in [-0.25, -0.2) is 9.59 Å². The third kappa shape index (κ3) is 3.60. The summed E-state index contributed by atoms with van der Waals surface area (Å²) >= 11 is 0. The van der Waals surface area contributed by atoms with Crippen molar-refractivity contribution < 1.29 is 19.1 Å². The van der Waals surface area contributed by atoms with Crippen LogP contribution in [0.2, 0.25) is 0 Å². The second-order valence-electron chi connectivity index (χ2n) is 5.38. The van der Waals surface area contributed by atoms with Gasteiger partial charge in [-0.1, -0.05) is 42.5 Å². The molecule has 1 heterocycles. The van der Waals surface area contributed by atoms with Crippen molar-refractivity contribution >= 4 is 18.0 Å². The smallest absolute Gasteiger partial charge is 0.343 e. The van der Waals surface area contributed by atoms with E-state index < -0.39 is 0 Å². The molecule has 4 heteroatoms. The zero-order valence-electron chi connectivity index (χ0n) is 13.2. The molecule has 0 amide bonds. The second-order valence-corrected chi connectivity index (χ2v) is 5.38. The van der Waals surface area contributed by atoms with E-state index in [9.17, 15) is 9.59 Å². The van der Waals surface area contributed by atoms with Gasteiger partial charge >= 0.3 is 11.9 Å². The summed E-state index contributed by atoms with van der Waals surface area (Å²) in [6.45, 7) is 0. The highest BCUT2D eigenvalue weighted by Crippen LogP contribution is 2.23. The number of hydrogen-bond donors (Lipinski definition) is 0. The number of ether oxygens (including phenoxy) is 2. The third-order valence-corrected chi connectivity index (χ3v) is 3.65. The molecule has 0 spiro atoms. The Hall–Kier alpha value is -3.14. The van der Waals surface area contributed by atoms with Gasteiger partial charge in [-0.2, -0.15) is 0 Å². The van der Waals surface area contributed by atoms with E-state index in [4.69, 9.17) is 4.74 Å². The van der Waals surface area contributed by atoms with Crippen molar-refractivity contribution in [2.75, 3.05) is 7.11 Å². The minimum Gasteiger partial charge on any atom is -0.465 e. The van der Waals surface area contributed by atoms with E-state index in [2.05, 4.69) is 4.74 Å². The van der Waals surface area contributed by atoms with Crippen molar-refractivity contribution in [3.63, 3.8) is 0 Å². The summed E-state index contributed by atoms with van der Waals surface area (Å²) in [6.07, 6.45) is 4.04. The summed E-state index contributed by atoms with van der Waals surface area (Å²) in [5, 5.41) is 0. The molecule has 1 aliphatic rings. The van der Waals surface area contributed by atoms with Crippen LogP contribution in [-0.2, 0) is 20.7 Å². The molecule has 24 heavy (non-hydrogen) atoms. The van der Waals surface area contributed by atoms with Crippen LogP contribution in [0.15, 0.2) is 72.0 Å². The molecule has 1 aliphatic heterocycles. The third-order valence-electron chi connectivity index (χ3n) is 3.65. The lowest BCUT2D eigenvalue weighted by molar-refractivity contribution is -0.133. The van der Waals surface area contributed by atoms with Gasteiger partial charge in [0.2, 0.25) is 0 Å². The maximum atomic E-state index is 12.0. The number of allylic oxidation sites excluding steroid dienone is 1. The second kappa shape index (κ2) is 6.96. The lowest BCUT2D eigenvalue weighted by atomic mass is 10.1. The average Bonchev–Trinajstić information content (AvgIpc) is 2.95. The SMILES string of the molecule is COC(=O)c1ccc(CC2=C/C(=C\c3ccccc3)C(=O)O2)cc1. The van der Waals surface area contributed by atoms with E-state index in [0.29, 0.717) is 23.3 Å². The van der Waals surface area contributed by atoms with Gasteiger partial charge in [0.15, 0.2) is 0 Å². The number of hydrogen-bond acceptors (Lipinski definition) is 4. The van der Waals surface area contributed by atoms with Crippen LogP contribution in [-0.4, -0.2) is 19.0 Å². The Morgan fingerprint density at radius 3 is 2.46 bits per heavy atom. The van der Waals surface area contributed by atoms with E-state index in [1.165, 1.54) is 7.11 Å². The first-order valence-corrected chi connectivity index (χ1v) is 7.52. The Bertz CT molecular complexity index is 814. The van der Waals surface area contributed by atoms with Crippen molar-refractivity contribution in [3.8, 4) is 0 Å². The van der Waals surface area contributed by atoms with Crippen LogP contribution in [0.4, 0.5) is 0 Å². The van der Waals surface area contributed by atoms with Gasteiger partial charge in [0.05, 0.1) is 18.2 Å². The molecule has 2 aromatic carbocycles. The molecule has 120 valence electrons. The van der Waals surface area contributed by atoms with Crippen molar-refractivity contribution in [2.24, 2.45) is 0 Å². The van der Waals surface area contributed by atoms with Crippen LogP contribution in [0.1, 0.15) is 21.5 Å². The quantitative estimate of drug-likeness (QED) is 0.639. The number of methoxy groups -OCH3 is 1. The summed E-state index contributed by atoms with van der Waals surface area (Å²) < 4.78 is 9.98. The maximum Gasteiger partial charge on any atom is 0.343 e. The predicted octanol–water partition coefficient (Wildman–Crippen LogP) is 3.54. The molecule has 0 atom stereocenters. The van der Waals surface area contributed by atoms with Crippen molar-refractivity contribution in [1.82, 2.24) is 0 Å². The first kappa shape index (κ1) is 15.7. The molecule has 0 radical (unpaired) electrons. The number of benzene rings is 2. The Labute approximate surface area is 140 Å². The van der Waals surface area contributed by atoms with Gasteiger partial charge < -0.3 is 9.47 Å². The maximum absolute atomic E-state index is 12.0. The lowest BCUT2D eigenvalue weighted by Crippen LogP contribution is -2.02. The van der Waals surface area contributed by atoms with E-state index in [0.717, 1.165) is 11.1 Å². The zero-order valence-corrected chi connectivity index (χ0v) is 13.2. The molecule has 4 nitrogen and oxygen atoms in total. The average molecular weight is 320 g/mol.